The smallest absolute Gasteiger partial charge is 0.225 e. The fraction of sp³-hybridized carbons (Fsp3) is 0.526. The number of ether oxygens (including phenoxy) is 1. The topological polar surface area (TPSA) is 63.5 Å². The van der Waals surface area contributed by atoms with Crippen LogP contribution in [0.3, 0.4) is 0 Å². The van der Waals surface area contributed by atoms with Gasteiger partial charge in [0.2, 0.25) is 5.91 Å². The third kappa shape index (κ3) is 3.19. The number of methoxy groups -OCH3 is 1. The number of hydrogen-bond acceptors (Lipinski definition) is 5. The zero-order valence-electron chi connectivity index (χ0n) is 15.3. The Morgan fingerprint density at radius 1 is 1.19 bits per heavy atom. The zero-order valence-corrected chi connectivity index (χ0v) is 15.3. The summed E-state index contributed by atoms with van der Waals surface area (Å²) in [5.41, 5.74) is 3.23. The van der Waals surface area contributed by atoms with Crippen LogP contribution < -0.4 is 4.90 Å². The number of amides is 1. The van der Waals surface area contributed by atoms with E-state index in [1.807, 2.05) is 41.2 Å². The molecule has 7 heteroatoms. The molecule has 0 bridgehead atoms. The minimum absolute atomic E-state index is 0.121. The normalized spacial score (nSPS) is 18.8. The number of aromatic nitrogens is 3. The quantitative estimate of drug-likeness (QED) is 0.834. The van der Waals surface area contributed by atoms with E-state index in [0.717, 1.165) is 56.0 Å². The standard InChI is InChI=1S/C19H25N5O2/c1-14-9-21-24(11-14)17-3-6-20-10-18(17)22-7-4-15(5-8-22)19(25)23-12-16(13-23)26-2/h3,6,9-11,15-16H,4-5,7-8,12-13H2,1-2H3. The molecule has 26 heavy (non-hydrogen) atoms. The minimum Gasteiger partial charge on any atom is -0.378 e. The van der Waals surface area contributed by atoms with Gasteiger partial charge in [-0.15, -0.1) is 0 Å². The minimum atomic E-state index is 0.121. The first-order valence-electron chi connectivity index (χ1n) is 9.18. The van der Waals surface area contributed by atoms with Crippen LogP contribution in [0.4, 0.5) is 5.69 Å². The Morgan fingerprint density at radius 2 is 1.96 bits per heavy atom. The zero-order chi connectivity index (χ0) is 18.1. The third-order valence-electron chi connectivity index (χ3n) is 5.41. The molecule has 0 unspecified atom stereocenters. The van der Waals surface area contributed by atoms with Gasteiger partial charge in [-0.25, -0.2) is 4.68 Å². The van der Waals surface area contributed by atoms with Crippen molar-refractivity contribution in [2.75, 3.05) is 38.2 Å². The second-order valence-corrected chi connectivity index (χ2v) is 7.19. The molecule has 0 atom stereocenters. The Balaban J connectivity index is 1.42. The van der Waals surface area contributed by atoms with Crippen molar-refractivity contribution < 1.29 is 9.53 Å². The first-order valence-corrected chi connectivity index (χ1v) is 9.18. The van der Waals surface area contributed by atoms with Crippen molar-refractivity contribution in [3.8, 4) is 5.69 Å². The molecule has 0 radical (unpaired) electrons. The summed E-state index contributed by atoms with van der Waals surface area (Å²) in [5.74, 6) is 0.406. The summed E-state index contributed by atoms with van der Waals surface area (Å²) >= 11 is 0. The number of rotatable bonds is 4. The highest BCUT2D eigenvalue weighted by atomic mass is 16.5. The van der Waals surface area contributed by atoms with Crippen LogP contribution in [0.15, 0.2) is 30.9 Å². The Labute approximate surface area is 153 Å². The number of anilines is 1. The summed E-state index contributed by atoms with van der Waals surface area (Å²) in [6.07, 6.45) is 9.53. The molecule has 1 amide bonds. The molecule has 4 heterocycles. The molecule has 4 rings (SSSR count). The number of likely N-dealkylation sites (tertiary alicyclic amines) is 1. The molecule has 0 aliphatic carbocycles. The van der Waals surface area contributed by atoms with Crippen molar-refractivity contribution in [1.82, 2.24) is 19.7 Å². The highest BCUT2D eigenvalue weighted by Crippen LogP contribution is 2.29. The van der Waals surface area contributed by atoms with E-state index in [1.54, 1.807) is 13.3 Å². The molecule has 0 spiro atoms. The number of aryl methyl sites for hydroxylation is 1. The summed E-state index contributed by atoms with van der Waals surface area (Å²) < 4.78 is 7.17. The molecule has 138 valence electrons. The van der Waals surface area contributed by atoms with Crippen LogP contribution in [0.1, 0.15) is 18.4 Å². The monoisotopic (exact) mass is 355 g/mol. The SMILES string of the molecule is COC1CN(C(=O)C2CCN(c3cnccc3-n3cc(C)cn3)CC2)C1. The fourth-order valence-corrected chi connectivity index (χ4v) is 3.75. The maximum atomic E-state index is 12.6. The van der Waals surface area contributed by atoms with Crippen molar-refractivity contribution in [1.29, 1.82) is 0 Å². The lowest BCUT2D eigenvalue weighted by Gasteiger charge is -2.42. The molecule has 7 nitrogen and oxygen atoms in total. The lowest BCUT2D eigenvalue weighted by Crippen LogP contribution is -2.57. The van der Waals surface area contributed by atoms with E-state index in [1.165, 1.54) is 0 Å². The predicted molar refractivity (Wildman–Crippen MR) is 98.4 cm³/mol. The molecule has 2 aliphatic heterocycles. The summed E-state index contributed by atoms with van der Waals surface area (Å²) in [7, 11) is 1.71. The lowest BCUT2D eigenvalue weighted by molar-refractivity contribution is -0.148. The van der Waals surface area contributed by atoms with E-state index in [0.29, 0.717) is 0 Å². The van der Waals surface area contributed by atoms with Gasteiger partial charge < -0.3 is 14.5 Å². The molecule has 2 aromatic heterocycles. The van der Waals surface area contributed by atoms with Crippen LogP contribution in [0.5, 0.6) is 0 Å². The molecule has 2 aromatic rings. The first kappa shape index (κ1) is 17.0. The van der Waals surface area contributed by atoms with E-state index in [2.05, 4.69) is 15.0 Å². The van der Waals surface area contributed by atoms with Gasteiger partial charge >= 0.3 is 0 Å². The second-order valence-electron chi connectivity index (χ2n) is 7.19. The van der Waals surface area contributed by atoms with Crippen LogP contribution in [0.2, 0.25) is 0 Å². The van der Waals surface area contributed by atoms with E-state index in [9.17, 15) is 4.79 Å². The highest BCUT2D eigenvalue weighted by molar-refractivity contribution is 5.80. The second kappa shape index (κ2) is 7.07. The molecule has 2 saturated heterocycles. The van der Waals surface area contributed by atoms with Crippen LogP contribution in [0.25, 0.3) is 5.69 Å². The number of pyridine rings is 1. The molecule has 0 saturated carbocycles. The predicted octanol–water partition coefficient (Wildman–Crippen LogP) is 1.65. The van der Waals surface area contributed by atoms with Crippen LogP contribution >= 0.6 is 0 Å². The summed E-state index contributed by atoms with van der Waals surface area (Å²) in [4.78, 5) is 21.1. The molecular formula is C19H25N5O2. The third-order valence-corrected chi connectivity index (χ3v) is 5.41. The van der Waals surface area contributed by atoms with Crippen LogP contribution in [0, 0.1) is 12.8 Å². The first-order chi connectivity index (χ1) is 12.7. The average Bonchev–Trinajstić information content (AvgIpc) is 3.07. The maximum Gasteiger partial charge on any atom is 0.225 e. The van der Waals surface area contributed by atoms with Gasteiger partial charge in [0, 0.05) is 51.6 Å². The van der Waals surface area contributed by atoms with E-state index in [4.69, 9.17) is 4.74 Å². The summed E-state index contributed by atoms with van der Waals surface area (Å²) in [6.45, 7) is 5.22. The maximum absolute atomic E-state index is 12.6. The van der Waals surface area contributed by atoms with Crippen LogP contribution in [-0.2, 0) is 9.53 Å². The van der Waals surface area contributed by atoms with Gasteiger partial charge in [-0.1, -0.05) is 0 Å². The average molecular weight is 355 g/mol. The molecule has 2 fully saturated rings. The molecule has 0 N–H and O–H groups in total. The number of piperidine rings is 1. The van der Waals surface area contributed by atoms with Crippen LogP contribution in [-0.4, -0.2) is 65.0 Å². The molecular weight excluding hydrogens is 330 g/mol. The fourth-order valence-electron chi connectivity index (χ4n) is 3.75. The van der Waals surface area contributed by atoms with E-state index in [-0.39, 0.29) is 17.9 Å². The lowest BCUT2D eigenvalue weighted by atomic mass is 9.93. The largest absolute Gasteiger partial charge is 0.378 e. The van der Waals surface area contributed by atoms with Gasteiger partial charge in [0.1, 0.15) is 0 Å². The molecule has 2 aliphatic rings. The summed E-state index contributed by atoms with van der Waals surface area (Å²) in [6, 6.07) is 1.99. The van der Waals surface area contributed by atoms with Gasteiger partial charge in [0.05, 0.1) is 29.9 Å². The van der Waals surface area contributed by atoms with Gasteiger partial charge in [-0.3, -0.25) is 9.78 Å². The Bertz CT molecular complexity index is 776. The summed E-state index contributed by atoms with van der Waals surface area (Å²) in [5, 5.41) is 4.43. The number of nitrogens with zero attached hydrogens (tertiary/aromatic N) is 5. The van der Waals surface area contributed by atoms with Gasteiger partial charge in [0.15, 0.2) is 0 Å². The Kier molecular flexibility index (Phi) is 4.63. The highest BCUT2D eigenvalue weighted by Gasteiger charge is 2.36. The van der Waals surface area contributed by atoms with Crippen molar-refractivity contribution in [3.63, 3.8) is 0 Å². The van der Waals surface area contributed by atoms with Crippen molar-refractivity contribution in [2.45, 2.75) is 25.9 Å². The van der Waals surface area contributed by atoms with Gasteiger partial charge in [0.25, 0.3) is 0 Å². The number of carbonyl (C=O) groups excluding carboxylic acids is 1. The van der Waals surface area contributed by atoms with Crippen molar-refractivity contribution >= 4 is 11.6 Å². The molecule has 0 aromatic carbocycles. The van der Waals surface area contributed by atoms with Gasteiger partial charge in [-0.2, -0.15) is 5.10 Å². The number of hydrogen-bond donors (Lipinski definition) is 0. The Morgan fingerprint density at radius 3 is 2.62 bits per heavy atom. The number of carbonyl (C=O) groups is 1. The van der Waals surface area contributed by atoms with Gasteiger partial charge in [-0.05, 0) is 31.4 Å². The van der Waals surface area contributed by atoms with Crippen molar-refractivity contribution in [2.24, 2.45) is 5.92 Å². The van der Waals surface area contributed by atoms with E-state index >= 15 is 0 Å². The van der Waals surface area contributed by atoms with Crippen molar-refractivity contribution in [3.05, 3.63) is 36.4 Å². The van der Waals surface area contributed by atoms with E-state index < -0.39 is 0 Å². The Hall–Kier alpha value is -2.41.